The first-order valence-electron chi connectivity index (χ1n) is 22.0. The van der Waals surface area contributed by atoms with Crippen LogP contribution in [-0.4, -0.2) is 12.6 Å². The quantitative estimate of drug-likeness (QED) is 0.129. The lowest BCUT2D eigenvalue weighted by atomic mass is 9.87. The first-order chi connectivity index (χ1) is 29.3. The molecule has 1 spiro atoms. The third-order valence-electron chi connectivity index (χ3n) is 13.9. The summed E-state index contributed by atoms with van der Waals surface area (Å²) in [5, 5.41) is 8.41. The second-order valence-electron chi connectivity index (χ2n) is 18.8. The van der Waals surface area contributed by atoms with Gasteiger partial charge in [-0.3, -0.25) is 0 Å². The van der Waals surface area contributed by atoms with Gasteiger partial charge in [-0.25, -0.2) is 0 Å². The lowest BCUT2D eigenvalue weighted by molar-refractivity contribution is -0.944. The summed E-state index contributed by atoms with van der Waals surface area (Å²) in [6, 6.07) is 49.6. The molecule has 4 nitrogen and oxygen atoms in total. The molecule has 0 saturated carbocycles. The number of furan rings is 1. The maximum atomic E-state index is 9.95. The van der Waals surface area contributed by atoms with Crippen LogP contribution in [-0.2, 0) is 5.66 Å². The van der Waals surface area contributed by atoms with Gasteiger partial charge in [0.25, 0.3) is 0 Å². The topological polar surface area (TPSA) is 25.8 Å². The van der Waals surface area contributed by atoms with Gasteiger partial charge in [-0.1, -0.05) is 125 Å². The Bertz CT molecular complexity index is 3560. The van der Waals surface area contributed by atoms with Gasteiger partial charge in [-0.2, -0.15) is 4.57 Å². The van der Waals surface area contributed by atoms with Crippen LogP contribution >= 0.6 is 0 Å². The van der Waals surface area contributed by atoms with E-state index in [1.54, 1.807) is 0 Å². The van der Waals surface area contributed by atoms with Crippen molar-refractivity contribution >= 4 is 67.8 Å². The summed E-state index contributed by atoms with van der Waals surface area (Å²) >= 11 is 0. The summed E-state index contributed by atoms with van der Waals surface area (Å²) in [5.74, 6) is 0.447. The van der Waals surface area contributed by atoms with Gasteiger partial charge in [-0.05, 0) is 101 Å². The van der Waals surface area contributed by atoms with Crippen molar-refractivity contribution in [3.05, 3.63) is 167 Å². The molecule has 2 unspecified atom stereocenters. The number of imidazole rings is 1. The largest absolute Gasteiger partial charge is 0.455 e. The van der Waals surface area contributed by atoms with E-state index in [2.05, 4.69) is 208 Å². The highest BCUT2D eigenvalue weighted by Gasteiger charge is 2.67. The Morgan fingerprint density at radius 2 is 1.43 bits per heavy atom. The van der Waals surface area contributed by atoms with E-state index in [0.717, 1.165) is 61.3 Å². The molecule has 292 valence electrons. The number of nitrogens with zero attached hydrogens (tertiary/aromatic N) is 3. The molecular weight excluding hydrogens is 747 g/mol. The highest BCUT2D eigenvalue weighted by molar-refractivity contribution is 6.89. The monoisotopic (exact) mass is 796 g/mol. The maximum absolute atomic E-state index is 9.95. The van der Waals surface area contributed by atoms with E-state index in [4.69, 9.17) is 4.42 Å². The molecule has 5 heterocycles. The zero-order valence-electron chi connectivity index (χ0n) is 36.6. The predicted molar refractivity (Wildman–Crippen MR) is 251 cm³/mol. The van der Waals surface area contributed by atoms with Crippen LogP contribution in [0.5, 0.6) is 0 Å². The number of hydrogen-bond donors (Lipinski definition) is 0. The SMILES string of the molecule is [2H]C(C)(c1cc2[n+](cc1[Si](C)(C)C)C1(c3ccccc3-2)c2cc(C)c3c(oc4cc(C)ccc43)c2-c2n(-c3cccc4ccccc34)c3cc4ccccc4cc3[n+]21)C(C)C. The zero-order chi connectivity index (χ0) is 41.9. The summed E-state index contributed by atoms with van der Waals surface area (Å²) in [4.78, 5) is 0. The van der Waals surface area contributed by atoms with Crippen LogP contribution in [0.1, 0.15) is 55.9 Å². The molecule has 2 atom stereocenters. The summed E-state index contributed by atoms with van der Waals surface area (Å²) in [7, 11) is -2.05. The zero-order valence-corrected chi connectivity index (χ0v) is 36.6. The third-order valence-corrected chi connectivity index (χ3v) is 15.9. The highest BCUT2D eigenvalue weighted by Crippen LogP contribution is 2.54. The standard InChI is InChI=1S/C55H49N3OSi/c1-32(2)35(5)42-30-46-40-21-13-14-22-43(40)55(56(46)31-50(42)60(6,7)8)44-27-34(4)51-41-25-24-33(3)26-49(41)59-53(51)52(44)54-57(45-23-15-19-36-16-11-12-20-39(36)45)47-28-37-17-9-10-18-38(37)29-48(47)58(54)55/h9-32,35H,1-8H3/q+2/i35D. The molecule has 2 aliphatic heterocycles. The number of rotatable bonds is 4. The third kappa shape index (κ3) is 4.51. The molecule has 3 aromatic heterocycles. The molecule has 0 fully saturated rings. The molecule has 60 heavy (non-hydrogen) atoms. The maximum Gasteiger partial charge on any atom is 0.364 e. The van der Waals surface area contributed by atoms with E-state index in [1.165, 1.54) is 54.5 Å². The fraction of sp³-hybridized carbons (Fsp3) is 0.200. The summed E-state index contributed by atoms with van der Waals surface area (Å²) < 4.78 is 25.0. The van der Waals surface area contributed by atoms with Gasteiger partial charge >= 0.3 is 11.5 Å². The van der Waals surface area contributed by atoms with Crippen LogP contribution in [0.25, 0.3) is 82.8 Å². The average molecular weight is 797 g/mol. The molecule has 0 amide bonds. The van der Waals surface area contributed by atoms with E-state index in [9.17, 15) is 1.37 Å². The van der Waals surface area contributed by atoms with Crippen LogP contribution in [0, 0.1) is 19.8 Å². The molecule has 0 bridgehead atoms. The van der Waals surface area contributed by atoms with Crippen molar-refractivity contribution in [2.45, 2.75) is 65.8 Å². The van der Waals surface area contributed by atoms with E-state index in [-0.39, 0.29) is 5.92 Å². The fourth-order valence-electron chi connectivity index (χ4n) is 10.9. The Hall–Kier alpha value is -6.30. The second-order valence-corrected chi connectivity index (χ2v) is 23.8. The molecule has 10 aromatic rings. The minimum absolute atomic E-state index is 0.129. The van der Waals surface area contributed by atoms with Crippen LogP contribution in [0.2, 0.25) is 19.6 Å². The van der Waals surface area contributed by atoms with E-state index in [1.807, 2.05) is 0 Å². The Labute approximate surface area is 353 Å². The van der Waals surface area contributed by atoms with Crippen molar-refractivity contribution in [3.63, 3.8) is 0 Å². The van der Waals surface area contributed by atoms with Crippen molar-refractivity contribution in [3.8, 4) is 28.3 Å². The van der Waals surface area contributed by atoms with E-state index >= 15 is 0 Å². The molecule has 12 rings (SSSR count). The normalized spacial score (nSPS) is 16.9. The van der Waals surface area contributed by atoms with Crippen molar-refractivity contribution in [1.29, 1.82) is 0 Å². The summed E-state index contributed by atoms with van der Waals surface area (Å²) in [5.41, 5.74) is 13.8. The van der Waals surface area contributed by atoms with Crippen LogP contribution < -0.4 is 14.3 Å². The average Bonchev–Trinajstić information content (AvgIpc) is 3.95. The number of aryl methyl sites for hydroxylation is 2. The van der Waals surface area contributed by atoms with Gasteiger partial charge < -0.3 is 4.42 Å². The first-order valence-corrected chi connectivity index (χ1v) is 25.0. The predicted octanol–water partition coefficient (Wildman–Crippen LogP) is 12.6. The van der Waals surface area contributed by atoms with Crippen molar-refractivity contribution < 1.29 is 14.9 Å². The van der Waals surface area contributed by atoms with E-state index in [0.29, 0.717) is 0 Å². The van der Waals surface area contributed by atoms with Crippen molar-refractivity contribution in [2.75, 3.05) is 0 Å². The molecule has 2 aliphatic rings. The number of aromatic nitrogens is 3. The van der Waals surface area contributed by atoms with Crippen LogP contribution in [0.4, 0.5) is 0 Å². The minimum atomic E-state index is -2.05. The Kier molecular flexibility index (Phi) is 6.99. The molecule has 5 heteroatoms. The second kappa shape index (κ2) is 12.1. The summed E-state index contributed by atoms with van der Waals surface area (Å²) in [6.45, 7) is 18.2. The van der Waals surface area contributed by atoms with Gasteiger partial charge in [0.15, 0.2) is 22.8 Å². The smallest absolute Gasteiger partial charge is 0.364 e. The first kappa shape index (κ1) is 34.5. The number of benzene rings is 7. The molecule has 0 N–H and O–H groups in total. The molecule has 0 aliphatic carbocycles. The van der Waals surface area contributed by atoms with Crippen molar-refractivity contribution in [1.82, 2.24) is 4.57 Å². The lowest BCUT2D eigenvalue weighted by Crippen LogP contribution is -2.72. The fourth-order valence-corrected chi connectivity index (χ4v) is 12.5. The molecule has 7 aromatic carbocycles. The molecular formula is C55H49N3OSi+2. The van der Waals surface area contributed by atoms with Gasteiger partial charge in [0.2, 0.25) is 5.69 Å². The van der Waals surface area contributed by atoms with Gasteiger partial charge in [-0.15, -0.1) is 9.13 Å². The molecule has 0 saturated heterocycles. The Morgan fingerprint density at radius 1 is 0.717 bits per heavy atom. The van der Waals surface area contributed by atoms with Crippen LogP contribution in [0.15, 0.2) is 144 Å². The Balaban J connectivity index is 1.37. The number of fused-ring (bicyclic) bond motifs is 18. The highest BCUT2D eigenvalue weighted by atomic mass is 28.3. The van der Waals surface area contributed by atoms with E-state index < -0.39 is 19.6 Å². The van der Waals surface area contributed by atoms with Gasteiger partial charge in [0, 0.05) is 28.8 Å². The molecule has 0 radical (unpaired) electrons. The Morgan fingerprint density at radius 3 is 2.22 bits per heavy atom. The minimum Gasteiger partial charge on any atom is -0.455 e. The number of hydrogen-bond acceptors (Lipinski definition) is 1. The summed E-state index contributed by atoms with van der Waals surface area (Å²) in [6.07, 6.45) is 2.49. The number of pyridine rings is 1. The van der Waals surface area contributed by atoms with Crippen molar-refractivity contribution in [2.24, 2.45) is 5.92 Å². The van der Waals surface area contributed by atoms with Gasteiger partial charge in [0.05, 0.1) is 24.8 Å². The lowest BCUT2D eigenvalue weighted by Gasteiger charge is -2.27. The van der Waals surface area contributed by atoms with Crippen LogP contribution in [0.3, 0.4) is 0 Å². The van der Waals surface area contributed by atoms with Gasteiger partial charge in [0.1, 0.15) is 16.8 Å².